The number of esters is 1. The van der Waals surface area contributed by atoms with E-state index in [1.165, 1.54) is 11.8 Å². The number of aliphatic imine (C=N–C) groups is 1. The van der Waals surface area contributed by atoms with Gasteiger partial charge in [-0.15, -0.1) is 24.8 Å². The second-order valence-corrected chi connectivity index (χ2v) is 10.9. The van der Waals surface area contributed by atoms with Crippen LogP contribution in [0, 0.1) is 5.92 Å². The molecule has 2 aliphatic rings. The second-order valence-electron chi connectivity index (χ2n) is 9.03. The van der Waals surface area contributed by atoms with Crippen molar-refractivity contribution < 1.29 is 14.3 Å². The maximum Gasteiger partial charge on any atom is 0.338 e. The molecule has 2 aromatic rings. The second kappa shape index (κ2) is 14.0. The summed E-state index contributed by atoms with van der Waals surface area (Å²) in [5, 5.41) is 1.84. The number of hydrogen-bond donors (Lipinski definition) is 0. The Balaban J connectivity index is 0.00000253. The standard InChI is InChI=1S/C27H29Cl2N3O3S.2ClH/c1-16(2)24-23(26(33)35-14-13-31(3)4)25(17-9-6-7-12-20(17)34-5)32-15-21(36-27(32)30-24)22-18(28)10-8-11-19(22)29;;/h6-12,15-16,25H,13-14H2,1-5H3;2*1H. The van der Waals surface area contributed by atoms with Crippen molar-refractivity contribution in [1.29, 1.82) is 0 Å². The van der Waals surface area contributed by atoms with E-state index in [4.69, 9.17) is 37.7 Å². The number of para-hydroxylation sites is 1. The number of rotatable bonds is 8. The van der Waals surface area contributed by atoms with E-state index in [1.807, 2.05) is 86.4 Å². The number of carbonyl (C=O) groups excluding carboxylic acids is 1. The molecule has 2 heterocycles. The molecule has 11 heteroatoms. The molecule has 0 spiro atoms. The first-order valence-electron chi connectivity index (χ1n) is 11.6. The van der Waals surface area contributed by atoms with Gasteiger partial charge in [-0.3, -0.25) is 0 Å². The monoisotopic (exact) mass is 617 g/mol. The topological polar surface area (TPSA) is 54.4 Å². The van der Waals surface area contributed by atoms with Crippen molar-refractivity contribution in [1.82, 2.24) is 9.80 Å². The summed E-state index contributed by atoms with van der Waals surface area (Å²) in [6.45, 7) is 4.96. The molecule has 0 radical (unpaired) electrons. The highest BCUT2D eigenvalue weighted by Gasteiger charge is 2.42. The lowest BCUT2D eigenvalue weighted by atomic mass is 9.90. The number of ether oxygens (including phenoxy) is 2. The number of benzene rings is 2. The maximum absolute atomic E-state index is 13.6. The van der Waals surface area contributed by atoms with Gasteiger partial charge < -0.3 is 19.3 Å². The third-order valence-electron chi connectivity index (χ3n) is 5.90. The molecule has 206 valence electrons. The predicted octanol–water partition coefficient (Wildman–Crippen LogP) is 7.32. The van der Waals surface area contributed by atoms with Gasteiger partial charge in [0.25, 0.3) is 0 Å². The molecule has 0 aliphatic carbocycles. The third kappa shape index (κ3) is 6.64. The molecule has 0 saturated heterocycles. The van der Waals surface area contributed by atoms with Crippen molar-refractivity contribution in [3.63, 3.8) is 0 Å². The molecule has 1 unspecified atom stereocenters. The van der Waals surface area contributed by atoms with Gasteiger partial charge in [0.1, 0.15) is 12.4 Å². The van der Waals surface area contributed by atoms with Crippen LogP contribution in [0.2, 0.25) is 10.0 Å². The minimum atomic E-state index is -0.496. The minimum Gasteiger partial charge on any atom is -0.496 e. The summed E-state index contributed by atoms with van der Waals surface area (Å²) < 4.78 is 11.5. The number of likely N-dealkylation sites (N-methyl/N-ethyl adjacent to an activating group) is 1. The van der Waals surface area contributed by atoms with Crippen LogP contribution >= 0.6 is 59.8 Å². The molecule has 0 aromatic heterocycles. The molecule has 0 fully saturated rings. The van der Waals surface area contributed by atoms with Crippen molar-refractivity contribution in [3.05, 3.63) is 81.1 Å². The Morgan fingerprint density at radius 2 is 1.76 bits per heavy atom. The number of nitrogens with zero attached hydrogens (tertiary/aromatic N) is 3. The lowest BCUT2D eigenvalue weighted by Crippen LogP contribution is -2.36. The summed E-state index contributed by atoms with van der Waals surface area (Å²) in [6, 6.07) is 12.7. The van der Waals surface area contributed by atoms with Gasteiger partial charge in [0.2, 0.25) is 0 Å². The number of halogens is 4. The fourth-order valence-electron chi connectivity index (χ4n) is 4.17. The number of carbonyl (C=O) groups is 1. The largest absolute Gasteiger partial charge is 0.496 e. The van der Waals surface area contributed by atoms with Crippen molar-refractivity contribution in [2.24, 2.45) is 10.9 Å². The first kappa shape index (κ1) is 32.3. The zero-order chi connectivity index (χ0) is 26.0. The van der Waals surface area contributed by atoms with E-state index in [9.17, 15) is 4.79 Å². The minimum absolute atomic E-state index is 0. The summed E-state index contributed by atoms with van der Waals surface area (Å²) >= 11 is 14.6. The van der Waals surface area contributed by atoms with Crippen LogP contribution in [0.4, 0.5) is 0 Å². The first-order valence-corrected chi connectivity index (χ1v) is 13.2. The summed E-state index contributed by atoms with van der Waals surface area (Å²) in [6.07, 6.45) is 1.96. The Bertz CT molecular complexity index is 1240. The van der Waals surface area contributed by atoms with Crippen LogP contribution in [0.5, 0.6) is 5.75 Å². The molecule has 2 aromatic carbocycles. The van der Waals surface area contributed by atoms with E-state index in [2.05, 4.69) is 0 Å². The Hall–Kier alpha value is -1.87. The van der Waals surface area contributed by atoms with E-state index in [1.54, 1.807) is 7.11 Å². The number of methoxy groups -OCH3 is 1. The number of amidine groups is 1. The molecule has 2 aliphatic heterocycles. The van der Waals surface area contributed by atoms with Gasteiger partial charge in [-0.1, -0.05) is 61.3 Å². The molecule has 4 rings (SSSR count). The zero-order valence-electron chi connectivity index (χ0n) is 21.7. The van der Waals surface area contributed by atoms with Crippen LogP contribution in [0.25, 0.3) is 4.91 Å². The normalized spacial score (nSPS) is 16.4. The van der Waals surface area contributed by atoms with Crippen LogP contribution in [0.1, 0.15) is 31.0 Å². The van der Waals surface area contributed by atoms with Gasteiger partial charge in [0, 0.05) is 28.8 Å². The maximum atomic E-state index is 13.6. The fraction of sp³-hybridized carbons (Fsp3) is 0.333. The van der Waals surface area contributed by atoms with Gasteiger partial charge in [0.05, 0.1) is 34.5 Å². The van der Waals surface area contributed by atoms with Crippen molar-refractivity contribution in [3.8, 4) is 5.75 Å². The number of thioether (sulfide) groups is 1. The highest BCUT2D eigenvalue weighted by Crippen LogP contribution is 2.50. The molecule has 1 atom stereocenters. The molecule has 6 nitrogen and oxygen atoms in total. The molecule has 0 bridgehead atoms. The predicted molar refractivity (Wildman–Crippen MR) is 163 cm³/mol. The molecule has 0 saturated carbocycles. The molecule has 0 N–H and O–H groups in total. The van der Waals surface area contributed by atoms with E-state index < -0.39 is 6.04 Å². The molecular weight excluding hydrogens is 588 g/mol. The Morgan fingerprint density at radius 3 is 2.37 bits per heavy atom. The molecular formula is C27H31Cl4N3O3S. The van der Waals surface area contributed by atoms with Gasteiger partial charge in [-0.05, 0) is 50.0 Å². The Kier molecular flexibility index (Phi) is 11.9. The quantitative estimate of drug-likeness (QED) is 0.289. The molecule has 0 amide bonds. The Morgan fingerprint density at radius 1 is 1.11 bits per heavy atom. The lowest BCUT2D eigenvalue weighted by molar-refractivity contribution is -0.140. The van der Waals surface area contributed by atoms with Crippen LogP contribution < -0.4 is 4.74 Å². The summed E-state index contributed by atoms with van der Waals surface area (Å²) in [5.41, 5.74) is 2.77. The number of fused-ring (bicyclic) bond motifs is 1. The first-order chi connectivity index (χ1) is 17.2. The van der Waals surface area contributed by atoms with Crippen LogP contribution in [0.15, 0.2) is 64.9 Å². The summed E-state index contributed by atoms with van der Waals surface area (Å²) in [5.74, 6) is 0.275. The van der Waals surface area contributed by atoms with Crippen LogP contribution in [0.3, 0.4) is 0 Å². The SMILES string of the molecule is COc1ccccc1C1C(C(=O)OCCN(C)C)=C(C(C)C)N=C2SC(c3c(Cl)cccc3Cl)=CN21.Cl.Cl. The van der Waals surface area contributed by atoms with Gasteiger partial charge in [0.15, 0.2) is 5.17 Å². The van der Waals surface area contributed by atoms with Gasteiger partial charge in [-0.25, -0.2) is 9.79 Å². The Labute approximate surface area is 250 Å². The molecule has 38 heavy (non-hydrogen) atoms. The summed E-state index contributed by atoms with van der Waals surface area (Å²) in [7, 11) is 5.51. The zero-order valence-corrected chi connectivity index (χ0v) is 25.7. The van der Waals surface area contributed by atoms with Crippen molar-refractivity contribution >= 4 is 75.8 Å². The average molecular weight is 619 g/mol. The van der Waals surface area contributed by atoms with E-state index in [0.29, 0.717) is 33.6 Å². The van der Waals surface area contributed by atoms with Crippen molar-refractivity contribution in [2.75, 3.05) is 34.4 Å². The van der Waals surface area contributed by atoms with Crippen LogP contribution in [-0.2, 0) is 9.53 Å². The average Bonchev–Trinajstić information content (AvgIpc) is 3.25. The van der Waals surface area contributed by atoms with Crippen molar-refractivity contribution in [2.45, 2.75) is 19.9 Å². The smallest absolute Gasteiger partial charge is 0.338 e. The highest BCUT2D eigenvalue weighted by molar-refractivity contribution is 8.22. The fourth-order valence-corrected chi connectivity index (χ4v) is 5.97. The van der Waals surface area contributed by atoms with Crippen LogP contribution in [-0.4, -0.2) is 55.3 Å². The lowest BCUT2D eigenvalue weighted by Gasteiger charge is -2.35. The number of hydrogen-bond acceptors (Lipinski definition) is 7. The highest BCUT2D eigenvalue weighted by atomic mass is 35.5. The van der Waals surface area contributed by atoms with E-state index in [0.717, 1.165) is 21.2 Å². The van der Waals surface area contributed by atoms with Gasteiger partial charge in [-0.2, -0.15) is 0 Å². The van der Waals surface area contributed by atoms with E-state index in [-0.39, 0.29) is 43.3 Å². The number of allylic oxidation sites excluding steroid dienone is 1. The third-order valence-corrected chi connectivity index (χ3v) is 7.55. The summed E-state index contributed by atoms with van der Waals surface area (Å²) in [4.78, 5) is 23.4. The van der Waals surface area contributed by atoms with E-state index >= 15 is 0 Å². The van der Waals surface area contributed by atoms with Gasteiger partial charge >= 0.3 is 5.97 Å².